The van der Waals surface area contributed by atoms with Crippen molar-refractivity contribution >= 4 is 38.3 Å². The van der Waals surface area contributed by atoms with E-state index in [1.807, 2.05) is 0 Å². The first-order chi connectivity index (χ1) is 13.8. The first kappa shape index (κ1) is 17.9. The highest BCUT2D eigenvalue weighted by Crippen LogP contribution is 2.35. The molecule has 0 saturated carbocycles. The zero-order valence-electron chi connectivity index (χ0n) is 15.5. The number of nitrogens with zero attached hydrogens (tertiary/aromatic N) is 3. The fourth-order valence-electron chi connectivity index (χ4n) is 4.17. The van der Waals surface area contributed by atoms with Crippen LogP contribution >= 0.6 is 0 Å². The van der Waals surface area contributed by atoms with Crippen molar-refractivity contribution in [2.45, 2.75) is 25.4 Å². The van der Waals surface area contributed by atoms with Gasteiger partial charge in [-0.3, -0.25) is 14.2 Å². The molecular formula is C18H18N6O4S. The van der Waals surface area contributed by atoms with Gasteiger partial charge in [0.2, 0.25) is 0 Å². The lowest BCUT2D eigenvalue weighted by molar-refractivity contribution is 0.0908. The maximum atomic E-state index is 13.4. The third-order valence-electron chi connectivity index (χ3n) is 5.64. The second kappa shape index (κ2) is 5.89. The average Bonchev–Trinajstić information content (AvgIpc) is 3.26. The normalized spacial score (nSPS) is 19.3. The van der Waals surface area contributed by atoms with E-state index in [0.29, 0.717) is 17.0 Å². The maximum Gasteiger partial charge on any atom is 0.276 e. The van der Waals surface area contributed by atoms with Gasteiger partial charge in [0.15, 0.2) is 9.84 Å². The van der Waals surface area contributed by atoms with Crippen molar-refractivity contribution in [3.8, 4) is 0 Å². The van der Waals surface area contributed by atoms with Gasteiger partial charge in [0, 0.05) is 19.0 Å². The van der Waals surface area contributed by atoms with Crippen LogP contribution in [0.25, 0.3) is 11.0 Å². The standard InChI is InChI=1S/C18H18N6O4S/c1-10-8-12(22-15-11-2-5-19-14(11)20-9-21-15)17(26)24-13(10)16(25)23-18(24)3-6-29(27,28)7-4-18/h2,5,8-9H,3-4,6-7H2,1H3,(H,23,25)(H2,19,20,21,22). The van der Waals surface area contributed by atoms with Crippen LogP contribution in [-0.2, 0) is 15.5 Å². The highest BCUT2D eigenvalue weighted by Gasteiger charge is 2.48. The van der Waals surface area contributed by atoms with Gasteiger partial charge >= 0.3 is 0 Å². The number of pyridine rings is 1. The van der Waals surface area contributed by atoms with E-state index in [1.54, 1.807) is 25.3 Å². The lowest BCUT2D eigenvalue weighted by Gasteiger charge is -2.35. The predicted octanol–water partition coefficient (Wildman–Crippen LogP) is 0.776. The van der Waals surface area contributed by atoms with Crippen molar-refractivity contribution in [3.63, 3.8) is 0 Å². The zero-order valence-corrected chi connectivity index (χ0v) is 16.3. The molecule has 10 nitrogen and oxygen atoms in total. The molecule has 3 aromatic rings. The van der Waals surface area contributed by atoms with Gasteiger partial charge in [-0.1, -0.05) is 0 Å². The first-order valence-corrected chi connectivity index (χ1v) is 11.0. The van der Waals surface area contributed by atoms with Gasteiger partial charge in [-0.2, -0.15) is 0 Å². The summed E-state index contributed by atoms with van der Waals surface area (Å²) >= 11 is 0. The molecule has 5 heterocycles. The van der Waals surface area contributed by atoms with Crippen molar-refractivity contribution in [2.24, 2.45) is 0 Å². The van der Waals surface area contributed by atoms with E-state index in [2.05, 4.69) is 25.6 Å². The topological polar surface area (TPSA) is 139 Å². The van der Waals surface area contributed by atoms with Crippen molar-refractivity contribution in [2.75, 3.05) is 16.8 Å². The molecule has 2 aliphatic heterocycles. The van der Waals surface area contributed by atoms with E-state index in [0.717, 1.165) is 5.39 Å². The third kappa shape index (κ3) is 2.64. The summed E-state index contributed by atoms with van der Waals surface area (Å²) in [7, 11) is -3.17. The summed E-state index contributed by atoms with van der Waals surface area (Å²) in [5.74, 6) is -0.0522. The second-order valence-corrected chi connectivity index (χ2v) is 9.76. The molecule has 0 aliphatic carbocycles. The lowest BCUT2D eigenvalue weighted by atomic mass is 10.0. The Morgan fingerprint density at radius 2 is 1.97 bits per heavy atom. The molecule has 0 atom stereocenters. The molecule has 2 aliphatic rings. The molecule has 0 aromatic carbocycles. The molecular weight excluding hydrogens is 396 g/mol. The number of fused-ring (bicyclic) bond motifs is 3. The summed E-state index contributed by atoms with van der Waals surface area (Å²) in [4.78, 5) is 37.3. The third-order valence-corrected chi connectivity index (χ3v) is 7.29. The van der Waals surface area contributed by atoms with Crippen molar-refractivity contribution in [3.05, 3.63) is 46.3 Å². The fraction of sp³-hybridized carbons (Fsp3) is 0.333. The predicted molar refractivity (Wildman–Crippen MR) is 106 cm³/mol. The van der Waals surface area contributed by atoms with Crippen LogP contribution in [0.4, 0.5) is 11.5 Å². The van der Waals surface area contributed by atoms with Crippen LogP contribution in [-0.4, -0.2) is 45.3 Å². The summed E-state index contributed by atoms with van der Waals surface area (Å²) in [6.45, 7) is 1.75. The molecule has 5 rings (SSSR count). The summed E-state index contributed by atoms with van der Waals surface area (Å²) < 4.78 is 25.3. The number of aromatic nitrogens is 4. The van der Waals surface area contributed by atoms with Crippen molar-refractivity contribution in [1.82, 2.24) is 24.8 Å². The van der Waals surface area contributed by atoms with E-state index < -0.39 is 21.1 Å². The van der Waals surface area contributed by atoms with E-state index >= 15 is 0 Å². The number of nitrogens with one attached hydrogen (secondary N) is 3. The monoisotopic (exact) mass is 414 g/mol. The first-order valence-electron chi connectivity index (χ1n) is 9.15. The van der Waals surface area contributed by atoms with E-state index in [-0.39, 0.29) is 41.6 Å². The molecule has 1 amide bonds. The van der Waals surface area contributed by atoms with Gasteiger partial charge in [0.1, 0.15) is 34.8 Å². The van der Waals surface area contributed by atoms with Crippen LogP contribution in [0.15, 0.2) is 29.5 Å². The van der Waals surface area contributed by atoms with Gasteiger partial charge < -0.3 is 15.6 Å². The minimum atomic E-state index is -3.17. The number of H-pyrrole nitrogens is 1. The molecule has 3 aromatic heterocycles. The number of hydrogen-bond acceptors (Lipinski definition) is 7. The van der Waals surface area contributed by atoms with Crippen LogP contribution in [0.1, 0.15) is 28.9 Å². The molecule has 3 N–H and O–H groups in total. The Hall–Kier alpha value is -3.21. The summed E-state index contributed by atoms with van der Waals surface area (Å²) in [6, 6.07) is 3.42. The number of aryl methyl sites for hydroxylation is 1. The largest absolute Gasteiger partial charge is 0.346 e. The number of rotatable bonds is 2. The molecule has 1 saturated heterocycles. The lowest BCUT2D eigenvalue weighted by Crippen LogP contribution is -2.52. The molecule has 0 unspecified atom stereocenters. The molecule has 150 valence electrons. The maximum absolute atomic E-state index is 13.4. The number of carbonyl (C=O) groups is 1. The SMILES string of the molecule is Cc1cc(Nc2ncnc3[nH]ccc23)c(=O)n2c1C(=O)NC21CCS(=O)(=O)CC1. The molecule has 29 heavy (non-hydrogen) atoms. The Kier molecular flexibility index (Phi) is 3.63. The van der Waals surface area contributed by atoms with Crippen molar-refractivity contribution in [1.29, 1.82) is 0 Å². The quantitative estimate of drug-likeness (QED) is 0.563. The van der Waals surface area contributed by atoms with Crippen LogP contribution in [0.2, 0.25) is 0 Å². The van der Waals surface area contributed by atoms with Gasteiger partial charge in [0.25, 0.3) is 11.5 Å². The zero-order chi connectivity index (χ0) is 20.4. The van der Waals surface area contributed by atoms with E-state index in [9.17, 15) is 18.0 Å². The number of aromatic amines is 1. The highest BCUT2D eigenvalue weighted by molar-refractivity contribution is 7.91. The second-order valence-electron chi connectivity index (χ2n) is 7.45. The van der Waals surface area contributed by atoms with E-state index in [1.165, 1.54) is 10.9 Å². The number of amides is 1. The number of anilines is 2. The van der Waals surface area contributed by atoms with E-state index in [4.69, 9.17) is 0 Å². The van der Waals surface area contributed by atoms with Crippen LogP contribution in [0.5, 0.6) is 0 Å². The fourth-order valence-corrected chi connectivity index (χ4v) is 5.68. The summed E-state index contributed by atoms with van der Waals surface area (Å²) in [5.41, 5.74) is 0.365. The molecule has 0 bridgehead atoms. The van der Waals surface area contributed by atoms with Gasteiger partial charge in [0.05, 0.1) is 16.9 Å². The Balaban J connectivity index is 1.65. The Bertz CT molecular complexity index is 1330. The number of hydrogen-bond donors (Lipinski definition) is 3. The highest BCUT2D eigenvalue weighted by atomic mass is 32.2. The minimum absolute atomic E-state index is 0.0776. The molecule has 11 heteroatoms. The Morgan fingerprint density at radius 3 is 2.72 bits per heavy atom. The molecule has 0 radical (unpaired) electrons. The van der Waals surface area contributed by atoms with Crippen molar-refractivity contribution < 1.29 is 13.2 Å². The summed E-state index contributed by atoms with van der Waals surface area (Å²) in [6.07, 6.45) is 3.43. The van der Waals surface area contributed by atoms with Crippen LogP contribution in [0.3, 0.4) is 0 Å². The summed E-state index contributed by atoms with van der Waals surface area (Å²) in [5, 5.41) is 6.66. The Labute approximate surface area is 165 Å². The number of sulfone groups is 1. The average molecular weight is 414 g/mol. The van der Waals surface area contributed by atoms with Crippen LogP contribution in [0, 0.1) is 6.92 Å². The molecule has 1 spiro atoms. The van der Waals surface area contributed by atoms with Gasteiger partial charge in [-0.15, -0.1) is 0 Å². The smallest absolute Gasteiger partial charge is 0.276 e. The van der Waals surface area contributed by atoms with Crippen LogP contribution < -0.4 is 16.2 Å². The van der Waals surface area contributed by atoms with Gasteiger partial charge in [-0.25, -0.2) is 18.4 Å². The minimum Gasteiger partial charge on any atom is -0.346 e. The Morgan fingerprint density at radius 1 is 1.21 bits per heavy atom. The van der Waals surface area contributed by atoms with Gasteiger partial charge in [-0.05, 0) is 24.6 Å². The molecule has 1 fully saturated rings. The number of carbonyl (C=O) groups excluding carboxylic acids is 1.